The summed E-state index contributed by atoms with van der Waals surface area (Å²) in [6, 6.07) is 0. The Morgan fingerprint density at radius 1 is 1.19 bits per heavy atom. The van der Waals surface area contributed by atoms with Crippen LogP contribution in [0.25, 0.3) is 0 Å². The molecule has 94 valence electrons. The number of amides is 1. The molecule has 0 rings (SSSR count). The third kappa shape index (κ3) is 3.48. The van der Waals surface area contributed by atoms with Gasteiger partial charge in [-0.05, 0) is 41.8 Å². The molecule has 2 N–H and O–H groups in total. The van der Waals surface area contributed by atoms with Gasteiger partial charge in [-0.3, -0.25) is 9.59 Å². The summed E-state index contributed by atoms with van der Waals surface area (Å²) < 4.78 is 0. The lowest BCUT2D eigenvalue weighted by Crippen LogP contribution is -2.51. The Bertz CT molecular complexity index is 283. The van der Waals surface area contributed by atoms with E-state index in [2.05, 4.69) is 5.32 Å². The zero-order valence-electron chi connectivity index (χ0n) is 10.9. The van der Waals surface area contributed by atoms with Crippen LogP contribution in [0.2, 0.25) is 0 Å². The first-order valence-corrected chi connectivity index (χ1v) is 5.21. The van der Waals surface area contributed by atoms with Gasteiger partial charge in [0.15, 0.2) is 0 Å². The number of carboxylic acids is 1. The number of hydrogen-bond acceptors (Lipinski definition) is 3. The minimum absolute atomic E-state index is 0.204. The summed E-state index contributed by atoms with van der Waals surface area (Å²) in [4.78, 5) is 24.5. The topological polar surface area (TPSA) is 69.6 Å². The number of nitrogens with one attached hydrogen (secondary N) is 1. The Morgan fingerprint density at radius 3 is 1.94 bits per heavy atom. The van der Waals surface area contributed by atoms with Crippen LogP contribution in [0.1, 0.15) is 27.7 Å². The Labute approximate surface area is 96.8 Å². The fourth-order valence-corrected chi connectivity index (χ4v) is 0.773. The van der Waals surface area contributed by atoms with Gasteiger partial charge in [-0.15, -0.1) is 0 Å². The highest BCUT2D eigenvalue weighted by Gasteiger charge is 2.36. The molecule has 0 spiro atoms. The largest absolute Gasteiger partial charge is 0.480 e. The van der Waals surface area contributed by atoms with Gasteiger partial charge in [0.1, 0.15) is 5.41 Å². The van der Waals surface area contributed by atoms with E-state index >= 15 is 0 Å². The van der Waals surface area contributed by atoms with Crippen LogP contribution in [-0.2, 0) is 9.59 Å². The molecule has 0 aliphatic carbocycles. The van der Waals surface area contributed by atoms with Crippen molar-refractivity contribution < 1.29 is 14.7 Å². The van der Waals surface area contributed by atoms with Crippen LogP contribution in [0.5, 0.6) is 0 Å². The van der Waals surface area contributed by atoms with E-state index in [4.69, 9.17) is 5.11 Å². The molecule has 0 radical (unpaired) electrons. The molecule has 0 saturated heterocycles. The highest BCUT2D eigenvalue weighted by Crippen LogP contribution is 2.16. The quantitative estimate of drug-likeness (QED) is 0.677. The van der Waals surface area contributed by atoms with Crippen LogP contribution >= 0.6 is 0 Å². The van der Waals surface area contributed by atoms with Gasteiger partial charge in [0.2, 0.25) is 5.91 Å². The average molecular weight is 230 g/mol. The lowest BCUT2D eigenvalue weighted by molar-refractivity contribution is -0.153. The van der Waals surface area contributed by atoms with E-state index in [1.165, 1.54) is 13.8 Å². The fourth-order valence-electron chi connectivity index (χ4n) is 0.773. The van der Waals surface area contributed by atoms with Gasteiger partial charge in [0, 0.05) is 12.1 Å². The predicted octanol–water partition coefficient (Wildman–Crippen LogP) is 0.554. The minimum Gasteiger partial charge on any atom is -0.480 e. The van der Waals surface area contributed by atoms with Crippen LogP contribution in [0.4, 0.5) is 0 Å². The van der Waals surface area contributed by atoms with Crippen molar-refractivity contribution in [3.8, 4) is 0 Å². The minimum atomic E-state index is -1.39. The van der Waals surface area contributed by atoms with Gasteiger partial charge >= 0.3 is 5.97 Å². The monoisotopic (exact) mass is 230 g/mol. The van der Waals surface area contributed by atoms with Gasteiger partial charge in [0.05, 0.1) is 0 Å². The Balaban J connectivity index is 4.45. The number of carbonyl (C=O) groups excluding carboxylic acids is 1. The van der Waals surface area contributed by atoms with E-state index in [1.54, 1.807) is 0 Å². The maximum Gasteiger partial charge on any atom is 0.318 e. The van der Waals surface area contributed by atoms with E-state index in [9.17, 15) is 9.59 Å². The van der Waals surface area contributed by atoms with Gasteiger partial charge in [-0.25, -0.2) is 0 Å². The molecule has 0 aromatic heterocycles. The van der Waals surface area contributed by atoms with Crippen molar-refractivity contribution in [3.05, 3.63) is 0 Å². The molecule has 0 saturated carbocycles. The molecule has 1 amide bonds. The van der Waals surface area contributed by atoms with E-state index in [0.717, 1.165) is 0 Å². The molecule has 0 fully saturated rings. The van der Waals surface area contributed by atoms with Crippen LogP contribution in [0, 0.1) is 5.41 Å². The first-order chi connectivity index (χ1) is 7.01. The molecule has 0 aliphatic rings. The SMILES string of the molecule is CN(C)C(C)(C)CNC(=O)C(C)(C)C(=O)O. The summed E-state index contributed by atoms with van der Waals surface area (Å²) in [5.41, 5.74) is -1.59. The van der Waals surface area contributed by atoms with Crippen LogP contribution in [-0.4, -0.2) is 48.1 Å². The summed E-state index contributed by atoms with van der Waals surface area (Å²) in [7, 11) is 3.82. The zero-order chi connectivity index (χ0) is 13.1. The first kappa shape index (κ1) is 14.9. The van der Waals surface area contributed by atoms with E-state index in [0.29, 0.717) is 6.54 Å². The van der Waals surface area contributed by atoms with Gasteiger partial charge in [-0.1, -0.05) is 0 Å². The van der Waals surface area contributed by atoms with Gasteiger partial charge < -0.3 is 15.3 Å². The zero-order valence-corrected chi connectivity index (χ0v) is 10.9. The maximum absolute atomic E-state index is 11.7. The van der Waals surface area contributed by atoms with E-state index in [-0.39, 0.29) is 5.54 Å². The van der Waals surface area contributed by atoms with E-state index < -0.39 is 17.3 Å². The number of hydrogen-bond donors (Lipinski definition) is 2. The third-order valence-electron chi connectivity index (χ3n) is 2.99. The van der Waals surface area contributed by atoms with E-state index in [1.807, 2.05) is 32.8 Å². The van der Waals surface area contributed by atoms with Crippen molar-refractivity contribution in [2.45, 2.75) is 33.2 Å². The third-order valence-corrected chi connectivity index (χ3v) is 2.99. The molecule has 0 bridgehead atoms. The van der Waals surface area contributed by atoms with Crippen molar-refractivity contribution in [1.82, 2.24) is 10.2 Å². The Hall–Kier alpha value is -1.10. The van der Waals surface area contributed by atoms with Gasteiger partial charge in [-0.2, -0.15) is 0 Å². The molecular weight excluding hydrogens is 208 g/mol. The molecule has 5 nitrogen and oxygen atoms in total. The lowest BCUT2D eigenvalue weighted by Gasteiger charge is -2.33. The molecule has 0 aromatic carbocycles. The molecule has 0 unspecified atom stereocenters. The Morgan fingerprint density at radius 2 is 1.62 bits per heavy atom. The highest BCUT2D eigenvalue weighted by molar-refractivity contribution is 6.00. The number of rotatable bonds is 5. The molecule has 0 atom stereocenters. The molecule has 5 heteroatoms. The van der Waals surface area contributed by atoms with Gasteiger partial charge in [0.25, 0.3) is 0 Å². The predicted molar refractivity (Wildman–Crippen MR) is 62.2 cm³/mol. The highest BCUT2D eigenvalue weighted by atomic mass is 16.4. The molecule has 0 heterocycles. The summed E-state index contributed by atoms with van der Waals surface area (Å²) in [5, 5.41) is 11.5. The summed E-state index contributed by atoms with van der Waals surface area (Å²) in [5.74, 6) is -1.58. The summed E-state index contributed by atoms with van der Waals surface area (Å²) in [6.07, 6.45) is 0. The molecule has 0 aromatic rings. The molecule has 0 aliphatic heterocycles. The molecular formula is C11H22N2O3. The number of carboxylic acid groups (broad SMARTS) is 1. The van der Waals surface area contributed by atoms with Crippen molar-refractivity contribution in [3.63, 3.8) is 0 Å². The van der Waals surface area contributed by atoms with Crippen LogP contribution in [0.15, 0.2) is 0 Å². The number of carbonyl (C=O) groups is 2. The van der Waals surface area contributed by atoms with Crippen LogP contribution < -0.4 is 5.32 Å². The Kier molecular flexibility index (Phi) is 4.49. The number of aliphatic carboxylic acids is 1. The van der Waals surface area contributed by atoms with Crippen molar-refractivity contribution >= 4 is 11.9 Å². The van der Waals surface area contributed by atoms with Crippen molar-refractivity contribution in [1.29, 1.82) is 0 Å². The smallest absolute Gasteiger partial charge is 0.318 e. The normalized spacial score (nSPS) is 12.7. The van der Waals surface area contributed by atoms with Crippen LogP contribution in [0.3, 0.4) is 0 Å². The second-order valence-electron chi connectivity index (χ2n) is 5.32. The lowest BCUT2D eigenvalue weighted by atomic mass is 9.92. The molecule has 16 heavy (non-hydrogen) atoms. The summed E-state index contributed by atoms with van der Waals surface area (Å²) in [6.45, 7) is 7.15. The number of likely N-dealkylation sites (N-methyl/N-ethyl adjacent to an activating group) is 1. The average Bonchev–Trinajstić information content (AvgIpc) is 2.13. The number of nitrogens with zero attached hydrogens (tertiary/aromatic N) is 1. The standard InChI is InChI=1S/C11H22N2O3/c1-10(2,13(5)6)7-12-8(14)11(3,4)9(15)16/h7H2,1-6H3,(H,12,14)(H,15,16). The second kappa shape index (κ2) is 4.82. The van der Waals surface area contributed by atoms with Crippen molar-refractivity contribution in [2.75, 3.05) is 20.6 Å². The first-order valence-electron chi connectivity index (χ1n) is 5.21. The summed E-state index contributed by atoms with van der Waals surface area (Å²) >= 11 is 0. The fraction of sp³-hybridized carbons (Fsp3) is 0.818. The van der Waals surface area contributed by atoms with Crippen molar-refractivity contribution in [2.24, 2.45) is 5.41 Å². The second-order valence-corrected chi connectivity index (χ2v) is 5.32. The maximum atomic E-state index is 11.7.